The maximum Gasteiger partial charge on any atom is 0.0354 e. The average Bonchev–Trinajstić information content (AvgIpc) is 3.15. The molecule has 1 aliphatic carbocycles. The summed E-state index contributed by atoms with van der Waals surface area (Å²) >= 11 is 5.85. The Kier molecular flexibility index (Phi) is 8.85. The van der Waals surface area contributed by atoms with Crippen LogP contribution in [-0.4, -0.2) is 0 Å². The Morgan fingerprint density at radius 3 is 2.47 bits per heavy atom. The second kappa shape index (κ2) is 12.3. The molecule has 1 heterocycles. The van der Waals surface area contributed by atoms with Crippen molar-refractivity contribution in [3.8, 4) is 10.4 Å². The average molecular weight is 507 g/mol. The van der Waals surface area contributed by atoms with Crippen molar-refractivity contribution in [1.29, 1.82) is 0 Å². The molecular formula is C34H34S2. The van der Waals surface area contributed by atoms with Gasteiger partial charge in [-0.15, -0.1) is 11.3 Å². The molecule has 0 N–H and O–H groups in total. The molecule has 0 spiro atoms. The van der Waals surface area contributed by atoms with Gasteiger partial charge in [0.2, 0.25) is 0 Å². The molecule has 0 fully saturated rings. The summed E-state index contributed by atoms with van der Waals surface area (Å²) in [6.45, 7) is 8.84. The predicted molar refractivity (Wildman–Crippen MR) is 167 cm³/mol. The fourth-order valence-corrected chi connectivity index (χ4v) is 5.77. The molecule has 0 amide bonds. The molecule has 1 aromatic heterocycles. The monoisotopic (exact) mass is 506 g/mol. The normalized spacial score (nSPS) is 13.0. The van der Waals surface area contributed by atoms with Crippen LogP contribution in [0.25, 0.3) is 39.4 Å². The largest absolute Gasteiger partial charge is 0.151 e. The minimum Gasteiger partial charge on any atom is -0.151 e. The molecule has 4 aromatic rings. The summed E-state index contributed by atoms with van der Waals surface area (Å²) in [7, 11) is 0. The van der Waals surface area contributed by atoms with Gasteiger partial charge < -0.3 is 0 Å². The van der Waals surface area contributed by atoms with Crippen LogP contribution in [0.5, 0.6) is 0 Å². The molecule has 182 valence electrons. The van der Waals surface area contributed by atoms with E-state index >= 15 is 0 Å². The van der Waals surface area contributed by atoms with E-state index in [0.717, 1.165) is 12.8 Å². The highest BCUT2D eigenvalue weighted by Crippen LogP contribution is 2.37. The first-order chi connectivity index (χ1) is 17.5. The van der Waals surface area contributed by atoms with Crippen LogP contribution in [0.4, 0.5) is 0 Å². The quantitative estimate of drug-likeness (QED) is 0.261. The van der Waals surface area contributed by atoms with Gasteiger partial charge >= 0.3 is 0 Å². The zero-order chi connectivity index (χ0) is 25.5. The van der Waals surface area contributed by atoms with Gasteiger partial charge in [0, 0.05) is 9.75 Å². The van der Waals surface area contributed by atoms with E-state index in [1.165, 1.54) is 59.5 Å². The van der Waals surface area contributed by atoms with E-state index in [9.17, 15) is 0 Å². The first-order valence-corrected chi connectivity index (χ1v) is 13.9. The topological polar surface area (TPSA) is 0 Å². The van der Waals surface area contributed by atoms with Crippen molar-refractivity contribution >= 4 is 53.0 Å². The molecule has 36 heavy (non-hydrogen) atoms. The number of hydrogen-bond donors (Lipinski definition) is 1. The van der Waals surface area contributed by atoms with Crippen LogP contribution in [-0.2, 0) is 6.42 Å². The van der Waals surface area contributed by atoms with E-state index in [4.69, 9.17) is 0 Å². The first-order valence-electron chi connectivity index (χ1n) is 12.5. The third-order valence-electron chi connectivity index (χ3n) is 6.51. The van der Waals surface area contributed by atoms with Crippen LogP contribution >= 0.6 is 24.0 Å². The molecule has 0 nitrogen and oxygen atoms in total. The SMILES string of the molecule is CC/C=C\c1sc(-c2ccc3cc4c(cc3c2C)C=CC(C)=CC4)cc1C.S/C=C\c1ccccc1. The van der Waals surface area contributed by atoms with Crippen molar-refractivity contribution in [1.82, 2.24) is 0 Å². The van der Waals surface area contributed by atoms with Gasteiger partial charge in [-0.2, -0.15) is 12.6 Å². The standard InChI is InChI=1S/C26H26S.C8H8S/c1-5-6-7-25-18(3)14-26(27-25)23-13-12-22-15-20-10-8-17(2)9-11-21(20)16-24(22)19(23)4;9-7-6-8-4-2-1-3-5-8/h6-9,11-16H,5,10H2,1-4H3;1-7,9H/b2*7-6-. The zero-order valence-corrected chi connectivity index (χ0v) is 23.3. The van der Waals surface area contributed by atoms with Crippen LogP contribution in [0.15, 0.2) is 89.9 Å². The van der Waals surface area contributed by atoms with Crippen LogP contribution < -0.4 is 0 Å². The van der Waals surface area contributed by atoms with Crippen LogP contribution in [0.3, 0.4) is 0 Å². The highest BCUT2D eigenvalue weighted by atomic mass is 32.1. The lowest BCUT2D eigenvalue weighted by molar-refractivity contribution is 1.23. The van der Waals surface area contributed by atoms with Crippen LogP contribution in [0.1, 0.15) is 53.0 Å². The minimum atomic E-state index is 1.02. The highest BCUT2D eigenvalue weighted by molar-refractivity contribution is 7.83. The molecule has 5 rings (SSSR count). The molecule has 0 aliphatic heterocycles. The molecule has 3 aromatic carbocycles. The molecule has 0 bridgehead atoms. The lowest BCUT2D eigenvalue weighted by atomic mass is 9.93. The molecule has 0 atom stereocenters. The van der Waals surface area contributed by atoms with Gasteiger partial charge in [-0.1, -0.05) is 85.3 Å². The molecule has 2 heteroatoms. The second-order valence-electron chi connectivity index (χ2n) is 9.19. The Balaban J connectivity index is 0.000000286. The van der Waals surface area contributed by atoms with Gasteiger partial charge in [0.05, 0.1) is 0 Å². The van der Waals surface area contributed by atoms with E-state index in [2.05, 4.69) is 101 Å². The highest BCUT2D eigenvalue weighted by Gasteiger charge is 2.12. The van der Waals surface area contributed by atoms with Crippen molar-refractivity contribution < 1.29 is 0 Å². The number of fused-ring (bicyclic) bond motifs is 2. The maximum atomic E-state index is 3.95. The second-order valence-corrected chi connectivity index (χ2v) is 10.6. The number of rotatable bonds is 4. The number of hydrogen-bond acceptors (Lipinski definition) is 2. The van der Waals surface area contributed by atoms with Crippen molar-refractivity contribution in [3.05, 3.63) is 123 Å². The fraction of sp³-hybridized carbons (Fsp3) is 0.176. The molecular weight excluding hydrogens is 473 g/mol. The molecule has 0 saturated heterocycles. The van der Waals surface area contributed by atoms with Gasteiger partial charge in [-0.05, 0) is 107 Å². The number of allylic oxidation sites excluding steroid dienone is 4. The number of aryl methyl sites for hydroxylation is 2. The van der Waals surface area contributed by atoms with Gasteiger partial charge in [0.1, 0.15) is 0 Å². The van der Waals surface area contributed by atoms with Crippen molar-refractivity contribution in [3.63, 3.8) is 0 Å². The summed E-state index contributed by atoms with van der Waals surface area (Å²) < 4.78 is 0. The Hall–Kier alpha value is -3.07. The zero-order valence-electron chi connectivity index (χ0n) is 21.6. The summed E-state index contributed by atoms with van der Waals surface area (Å²) in [5, 5.41) is 4.44. The Morgan fingerprint density at radius 2 is 1.72 bits per heavy atom. The molecule has 0 radical (unpaired) electrons. The molecule has 1 aliphatic rings. The summed E-state index contributed by atoms with van der Waals surface area (Å²) in [5.74, 6) is 0. The minimum absolute atomic E-state index is 1.02. The number of thiol groups is 1. The van der Waals surface area contributed by atoms with Crippen LogP contribution in [0.2, 0.25) is 0 Å². The smallest absolute Gasteiger partial charge is 0.0354 e. The summed E-state index contributed by atoms with van der Waals surface area (Å²) in [4.78, 5) is 2.74. The Bertz CT molecular complexity index is 1460. The Labute approximate surface area is 225 Å². The van der Waals surface area contributed by atoms with Crippen molar-refractivity contribution in [2.45, 2.75) is 40.5 Å². The lowest BCUT2D eigenvalue weighted by Crippen LogP contribution is -1.90. The van der Waals surface area contributed by atoms with E-state index < -0.39 is 0 Å². The van der Waals surface area contributed by atoms with E-state index in [-0.39, 0.29) is 0 Å². The first kappa shape index (κ1) is 26.0. The molecule has 0 unspecified atom stereocenters. The van der Waals surface area contributed by atoms with Gasteiger partial charge in [0.25, 0.3) is 0 Å². The van der Waals surface area contributed by atoms with Gasteiger partial charge in [0.15, 0.2) is 0 Å². The predicted octanol–water partition coefficient (Wildman–Crippen LogP) is 10.7. The summed E-state index contributed by atoms with van der Waals surface area (Å²) in [6.07, 6.45) is 15.4. The molecule has 0 saturated carbocycles. The van der Waals surface area contributed by atoms with E-state index in [1.54, 1.807) is 5.41 Å². The third kappa shape index (κ3) is 6.19. The number of thiophene rings is 1. The Morgan fingerprint density at radius 1 is 0.917 bits per heavy atom. The van der Waals surface area contributed by atoms with Gasteiger partial charge in [-0.3, -0.25) is 0 Å². The van der Waals surface area contributed by atoms with Crippen molar-refractivity contribution in [2.24, 2.45) is 0 Å². The fourth-order valence-electron chi connectivity index (χ4n) is 4.41. The summed E-state index contributed by atoms with van der Waals surface area (Å²) in [5.41, 5.74) is 9.41. The van der Waals surface area contributed by atoms with Gasteiger partial charge in [-0.25, -0.2) is 0 Å². The van der Waals surface area contributed by atoms with E-state index in [0.29, 0.717) is 0 Å². The maximum absolute atomic E-state index is 3.95. The third-order valence-corrected chi connectivity index (χ3v) is 7.90. The summed E-state index contributed by atoms with van der Waals surface area (Å²) in [6, 6.07) is 21.8. The lowest BCUT2D eigenvalue weighted by Gasteiger charge is -2.12. The van der Waals surface area contributed by atoms with Crippen molar-refractivity contribution in [2.75, 3.05) is 0 Å². The van der Waals surface area contributed by atoms with E-state index in [1.807, 2.05) is 47.7 Å². The number of benzene rings is 3. The van der Waals surface area contributed by atoms with Crippen LogP contribution in [0, 0.1) is 13.8 Å².